The van der Waals surface area contributed by atoms with Gasteiger partial charge in [0.2, 0.25) is 11.2 Å². The highest BCUT2D eigenvalue weighted by atomic mass is 35.5. The van der Waals surface area contributed by atoms with Gasteiger partial charge in [-0.25, -0.2) is 9.97 Å². The lowest BCUT2D eigenvalue weighted by Crippen LogP contribution is -2.32. The Bertz CT molecular complexity index is 366. The topological polar surface area (TPSA) is 76.1 Å². The van der Waals surface area contributed by atoms with Crippen molar-refractivity contribution in [2.45, 2.75) is 6.92 Å². The van der Waals surface area contributed by atoms with E-state index in [2.05, 4.69) is 20.6 Å². The van der Waals surface area contributed by atoms with Gasteiger partial charge in [-0.2, -0.15) is 0 Å². The average Bonchev–Trinajstić information content (AvgIpc) is 2.25. The van der Waals surface area contributed by atoms with Crippen LogP contribution in [0.5, 0.6) is 0 Å². The molecule has 0 unspecified atom stereocenters. The first-order valence-electron chi connectivity index (χ1n) is 5.12. The Morgan fingerprint density at radius 3 is 2.94 bits per heavy atom. The number of hydrogen-bond acceptors (Lipinski definition) is 5. The molecular formula is C10H15ClN4O2. The maximum absolute atomic E-state index is 11.4. The van der Waals surface area contributed by atoms with Crippen LogP contribution in [0.15, 0.2) is 6.07 Å². The lowest BCUT2D eigenvalue weighted by Gasteiger charge is -2.07. The Morgan fingerprint density at radius 1 is 1.53 bits per heavy atom. The third-order valence-electron chi connectivity index (χ3n) is 1.89. The van der Waals surface area contributed by atoms with Gasteiger partial charge >= 0.3 is 0 Å². The van der Waals surface area contributed by atoms with Gasteiger partial charge in [0, 0.05) is 25.4 Å². The molecule has 0 fully saturated rings. The molecule has 0 aliphatic heterocycles. The number of ether oxygens (including phenoxy) is 1. The number of halogens is 1. The van der Waals surface area contributed by atoms with Gasteiger partial charge in [-0.15, -0.1) is 0 Å². The van der Waals surface area contributed by atoms with Crippen molar-refractivity contribution in [2.75, 3.05) is 32.1 Å². The molecule has 0 radical (unpaired) electrons. The third kappa shape index (κ3) is 5.46. The van der Waals surface area contributed by atoms with Crippen molar-refractivity contribution in [3.63, 3.8) is 0 Å². The molecule has 94 valence electrons. The van der Waals surface area contributed by atoms with E-state index in [1.807, 2.05) is 0 Å². The molecule has 1 aromatic rings. The summed E-state index contributed by atoms with van der Waals surface area (Å²) in [5, 5.41) is 5.70. The van der Waals surface area contributed by atoms with Crippen molar-refractivity contribution in [2.24, 2.45) is 0 Å². The van der Waals surface area contributed by atoms with Crippen molar-refractivity contribution in [1.29, 1.82) is 0 Å². The van der Waals surface area contributed by atoms with Crippen LogP contribution in [0.1, 0.15) is 5.69 Å². The van der Waals surface area contributed by atoms with Crippen LogP contribution in [0, 0.1) is 6.92 Å². The van der Waals surface area contributed by atoms with Gasteiger partial charge in [0.05, 0.1) is 13.2 Å². The summed E-state index contributed by atoms with van der Waals surface area (Å²) in [5.41, 5.74) is 0.743. The summed E-state index contributed by atoms with van der Waals surface area (Å²) in [6, 6.07) is 1.72. The smallest absolute Gasteiger partial charge is 0.239 e. The first-order chi connectivity index (χ1) is 8.11. The molecular weight excluding hydrogens is 244 g/mol. The molecule has 0 aliphatic rings. The van der Waals surface area contributed by atoms with Crippen molar-refractivity contribution in [3.05, 3.63) is 17.0 Å². The first kappa shape index (κ1) is 13.7. The highest BCUT2D eigenvalue weighted by Crippen LogP contribution is 2.08. The summed E-state index contributed by atoms with van der Waals surface area (Å²) in [4.78, 5) is 19.2. The van der Waals surface area contributed by atoms with Crippen LogP contribution in [0.4, 0.5) is 5.82 Å². The van der Waals surface area contributed by atoms with Crippen LogP contribution < -0.4 is 10.6 Å². The lowest BCUT2D eigenvalue weighted by molar-refractivity contribution is -0.119. The standard InChI is InChI=1S/C10H15ClN4O2/c1-7-5-8(15-10(11)14-7)13-6-9(16)12-3-4-17-2/h5H,3-4,6H2,1-2H3,(H,12,16)(H,13,14,15). The molecule has 0 spiro atoms. The molecule has 0 saturated carbocycles. The zero-order valence-corrected chi connectivity index (χ0v) is 10.5. The third-order valence-corrected chi connectivity index (χ3v) is 2.05. The minimum Gasteiger partial charge on any atom is -0.383 e. The zero-order chi connectivity index (χ0) is 12.7. The molecule has 1 heterocycles. The second-order valence-corrected chi connectivity index (χ2v) is 3.70. The number of anilines is 1. The SMILES string of the molecule is COCCNC(=O)CNc1cc(C)nc(Cl)n1. The summed E-state index contributed by atoms with van der Waals surface area (Å²) in [6.07, 6.45) is 0. The summed E-state index contributed by atoms with van der Waals surface area (Å²) >= 11 is 5.69. The number of carbonyl (C=O) groups is 1. The van der Waals surface area contributed by atoms with Gasteiger partial charge in [-0.3, -0.25) is 4.79 Å². The normalized spacial score (nSPS) is 10.1. The maximum atomic E-state index is 11.4. The summed E-state index contributed by atoms with van der Waals surface area (Å²) < 4.78 is 4.81. The molecule has 17 heavy (non-hydrogen) atoms. The van der Waals surface area contributed by atoms with E-state index in [0.717, 1.165) is 5.69 Å². The number of hydrogen-bond donors (Lipinski definition) is 2. The van der Waals surface area contributed by atoms with Crippen LogP contribution in [-0.2, 0) is 9.53 Å². The molecule has 0 atom stereocenters. The molecule has 1 amide bonds. The summed E-state index contributed by atoms with van der Waals surface area (Å²) in [6.45, 7) is 2.92. The Hall–Kier alpha value is -1.40. The van der Waals surface area contributed by atoms with Crippen molar-refractivity contribution in [1.82, 2.24) is 15.3 Å². The second-order valence-electron chi connectivity index (χ2n) is 3.36. The van der Waals surface area contributed by atoms with Crippen LogP contribution in [0.2, 0.25) is 5.28 Å². The van der Waals surface area contributed by atoms with E-state index in [9.17, 15) is 4.79 Å². The van der Waals surface area contributed by atoms with Crippen LogP contribution in [0.25, 0.3) is 0 Å². The maximum Gasteiger partial charge on any atom is 0.239 e. The van der Waals surface area contributed by atoms with Gasteiger partial charge in [-0.05, 0) is 18.5 Å². The van der Waals surface area contributed by atoms with Crippen LogP contribution in [0.3, 0.4) is 0 Å². The average molecular weight is 259 g/mol. The van der Waals surface area contributed by atoms with Gasteiger partial charge in [0.25, 0.3) is 0 Å². The Kier molecular flexibility index (Phi) is 5.65. The predicted molar refractivity (Wildman–Crippen MR) is 65.2 cm³/mol. The molecule has 1 rings (SSSR count). The fraction of sp³-hybridized carbons (Fsp3) is 0.500. The quantitative estimate of drug-likeness (QED) is 0.578. The molecule has 0 aliphatic carbocycles. The lowest BCUT2D eigenvalue weighted by atomic mass is 10.4. The molecule has 6 nitrogen and oxygen atoms in total. The minimum absolute atomic E-state index is 0.130. The summed E-state index contributed by atoms with van der Waals surface area (Å²) in [7, 11) is 1.58. The van der Waals surface area contributed by atoms with E-state index in [0.29, 0.717) is 19.0 Å². The number of nitrogens with zero attached hydrogens (tertiary/aromatic N) is 2. The zero-order valence-electron chi connectivity index (χ0n) is 9.79. The first-order valence-corrected chi connectivity index (χ1v) is 5.50. The molecule has 7 heteroatoms. The Morgan fingerprint density at radius 2 is 2.29 bits per heavy atom. The number of nitrogens with one attached hydrogen (secondary N) is 2. The van der Waals surface area contributed by atoms with E-state index in [1.165, 1.54) is 0 Å². The number of aromatic nitrogens is 2. The van der Waals surface area contributed by atoms with Gasteiger partial charge in [-0.1, -0.05) is 0 Å². The number of carbonyl (C=O) groups excluding carboxylic acids is 1. The predicted octanol–water partition coefficient (Wildman–Crippen LogP) is 0.613. The minimum atomic E-state index is -0.130. The fourth-order valence-corrected chi connectivity index (χ4v) is 1.37. The molecule has 0 saturated heterocycles. The van der Waals surface area contributed by atoms with Gasteiger partial charge < -0.3 is 15.4 Å². The van der Waals surface area contributed by atoms with Crippen LogP contribution >= 0.6 is 11.6 Å². The number of amides is 1. The van der Waals surface area contributed by atoms with E-state index in [1.54, 1.807) is 20.1 Å². The van der Waals surface area contributed by atoms with Crippen LogP contribution in [-0.4, -0.2) is 42.7 Å². The van der Waals surface area contributed by atoms with E-state index in [-0.39, 0.29) is 17.7 Å². The second kappa shape index (κ2) is 7.03. The van der Waals surface area contributed by atoms with Crippen molar-refractivity contribution in [3.8, 4) is 0 Å². The van der Waals surface area contributed by atoms with Gasteiger partial charge in [0.15, 0.2) is 0 Å². The number of aryl methyl sites for hydroxylation is 1. The Balaban J connectivity index is 2.36. The van der Waals surface area contributed by atoms with E-state index in [4.69, 9.17) is 16.3 Å². The monoisotopic (exact) mass is 258 g/mol. The Labute approximate surface area is 105 Å². The largest absolute Gasteiger partial charge is 0.383 e. The van der Waals surface area contributed by atoms with E-state index >= 15 is 0 Å². The van der Waals surface area contributed by atoms with E-state index < -0.39 is 0 Å². The summed E-state index contributed by atoms with van der Waals surface area (Å²) in [5.74, 6) is 0.402. The number of rotatable bonds is 6. The number of methoxy groups -OCH3 is 1. The molecule has 0 bridgehead atoms. The highest BCUT2D eigenvalue weighted by Gasteiger charge is 2.03. The van der Waals surface area contributed by atoms with Crippen molar-refractivity contribution >= 4 is 23.3 Å². The fourth-order valence-electron chi connectivity index (χ4n) is 1.15. The molecule has 2 N–H and O–H groups in total. The molecule has 0 aromatic carbocycles. The highest BCUT2D eigenvalue weighted by molar-refractivity contribution is 6.28. The van der Waals surface area contributed by atoms with Gasteiger partial charge in [0.1, 0.15) is 5.82 Å². The van der Waals surface area contributed by atoms with Crippen molar-refractivity contribution < 1.29 is 9.53 Å². The molecule has 1 aromatic heterocycles.